The van der Waals surface area contributed by atoms with Crippen LogP contribution in [0.25, 0.3) is 0 Å². The molecule has 0 aromatic carbocycles. The van der Waals surface area contributed by atoms with Gasteiger partial charge in [0.25, 0.3) is 0 Å². The summed E-state index contributed by atoms with van der Waals surface area (Å²) in [6.45, 7) is 2.06. The third kappa shape index (κ3) is 3.32. The Balaban J connectivity index is 2.72. The molecular weight excluding hydrogens is 186 g/mol. The van der Waals surface area contributed by atoms with E-state index in [0.717, 1.165) is 6.42 Å². The molecule has 1 unspecified atom stereocenters. The van der Waals surface area contributed by atoms with Crippen LogP contribution in [0.2, 0.25) is 0 Å². The van der Waals surface area contributed by atoms with Crippen molar-refractivity contribution in [3.8, 4) is 18.4 Å². The minimum atomic E-state index is 0.219. The first-order valence-corrected chi connectivity index (χ1v) is 4.87. The van der Waals surface area contributed by atoms with Gasteiger partial charge in [-0.05, 0) is 18.6 Å². The third-order valence-electron chi connectivity index (χ3n) is 2.07. The summed E-state index contributed by atoms with van der Waals surface area (Å²) in [4.78, 5) is 4.12. The van der Waals surface area contributed by atoms with Gasteiger partial charge in [0.1, 0.15) is 17.6 Å². The summed E-state index contributed by atoms with van der Waals surface area (Å²) < 4.78 is 0. The van der Waals surface area contributed by atoms with Crippen molar-refractivity contribution in [2.75, 3.05) is 5.32 Å². The van der Waals surface area contributed by atoms with E-state index in [9.17, 15) is 0 Å². The highest BCUT2D eigenvalue weighted by Crippen LogP contribution is 2.09. The molecule has 0 bridgehead atoms. The van der Waals surface area contributed by atoms with Crippen molar-refractivity contribution in [2.24, 2.45) is 0 Å². The lowest BCUT2D eigenvalue weighted by Gasteiger charge is -2.14. The van der Waals surface area contributed by atoms with Gasteiger partial charge in [-0.2, -0.15) is 5.26 Å². The van der Waals surface area contributed by atoms with E-state index in [1.165, 1.54) is 0 Å². The van der Waals surface area contributed by atoms with Crippen molar-refractivity contribution in [3.05, 3.63) is 23.9 Å². The zero-order chi connectivity index (χ0) is 11.1. The summed E-state index contributed by atoms with van der Waals surface area (Å²) in [7, 11) is 0. The molecule has 1 atom stereocenters. The van der Waals surface area contributed by atoms with Crippen LogP contribution < -0.4 is 5.32 Å². The van der Waals surface area contributed by atoms with Crippen molar-refractivity contribution in [1.82, 2.24) is 4.98 Å². The molecule has 0 aliphatic heterocycles. The number of hydrogen-bond acceptors (Lipinski definition) is 3. The van der Waals surface area contributed by atoms with Gasteiger partial charge in [-0.15, -0.1) is 12.3 Å². The van der Waals surface area contributed by atoms with Crippen LogP contribution in [-0.4, -0.2) is 11.0 Å². The SMILES string of the molecule is C#CCC(CC)Nc1cccc(C#N)n1. The van der Waals surface area contributed by atoms with Gasteiger partial charge in [0.05, 0.1) is 0 Å². The summed E-state index contributed by atoms with van der Waals surface area (Å²) in [6, 6.07) is 7.53. The molecule has 3 nitrogen and oxygen atoms in total. The molecule has 0 aliphatic rings. The average Bonchev–Trinajstić information content (AvgIpc) is 2.29. The fourth-order valence-electron chi connectivity index (χ4n) is 1.23. The van der Waals surface area contributed by atoms with E-state index >= 15 is 0 Å². The van der Waals surface area contributed by atoms with Gasteiger partial charge >= 0.3 is 0 Å². The Morgan fingerprint density at radius 1 is 1.60 bits per heavy atom. The maximum Gasteiger partial charge on any atom is 0.142 e. The Morgan fingerprint density at radius 3 is 3.00 bits per heavy atom. The molecule has 0 amide bonds. The lowest BCUT2D eigenvalue weighted by atomic mass is 10.1. The van der Waals surface area contributed by atoms with Gasteiger partial charge < -0.3 is 5.32 Å². The van der Waals surface area contributed by atoms with Gasteiger partial charge in [0, 0.05) is 12.5 Å². The molecule has 1 heterocycles. The second kappa shape index (κ2) is 5.67. The summed E-state index contributed by atoms with van der Waals surface area (Å²) in [5.41, 5.74) is 0.413. The molecule has 0 radical (unpaired) electrons. The van der Waals surface area contributed by atoms with Crippen LogP contribution in [0.4, 0.5) is 5.82 Å². The highest BCUT2D eigenvalue weighted by atomic mass is 15.0. The summed E-state index contributed by atoms with van der Waals surface area (Å²) in [6.07, 6.45) is 6.85. The minimum absolute atomic E-state index is 0.219. The zero-order valence-electron chi connectivity index (χ0n) is 8.70. The first kappa shape index (κ1) is 11.1. The van der Waals surface area contributed by atoms with E-state index in [-0.39, 0.29) is 6.04 Å². The molecular formula is C12H13N3. The molecule has 1 rings (SSSR count). The average molecular weight is 199 g/mol. The smallest absolute Gasteiger partial charge is 0.142 e. The summed E-state index contributed by atoms with van der Waals surface area (Å²) in [5, 5.41) is 11.9. The van der Waals surface area contributed by atoms with Crippen LogP contribution in [0.15, 0.2) is 18.2 Å². The van der Waals surface area contributed by atoms with Gasteiger partial charge in [-0.25, -0.2) is 4.98 Å². The monoisotopic (exact) mass is 199 g/mol. The van der Waals surface area contributed by atoms with Crippen LogP contribution in [0.5, 0.6) is 0 Å². The lowest BCUT2D eigenvalue weighted by Crippen LogP contribution is -2.18. The molecule has 0 fully saturated rings. The van der Waals surface area contributed by atoms with E-state index < -0.39 is 0 Å². The van der Waals surface area contributed by atoms with Crippen molar-refractivity contribution in [2.45, 2.75) is 25.8 Å². The zero-order valence-corrected chi connectivity index (χ0v) is 8.70. The maximum absolute atomic E-state index is 8.68. The lowest BCUT2D eigenvalue weighted by molar-refractivity contribution is 0.711. The Kier molecular flexibility index (Phi) is 4.19. The second-order valence-corrected chi connectivity index (χ2v) is 3.18. The van der Waals surface area contributed by atoms with E-state index in [2.05, 4.69) is 23.1 Å². The largest absolute Gasteiger partial charge is 0.366 e. The number of hydrogen-bond donors (Lipinski definition) is 1. The fraction of sp³-hybridized carbons (Fsp3) is 0.333. The minimum Gasteiger partial charge on any atom is -0.366 e. The predicted octanol–water partition coefficient (Wildman–Crippen LogP) is 2.17. The topological polar surface area (TPSA) is 48.7 Å². The standard InChI is InChI=1S/C12H13N3/c1-3-6-10(4-2)14-12-8-5-7-11(9-13)15-12/h1,5,7-8,10H,4,6H2,2H3,(H,14,15). The molecule has 15 heavy (non-hydrogen) atoms. The highest BCUT2D eigenvalue weighted by molar-refractivity contribution is 5.39. The van der Waals surface area contributed by atoms with Crippen molar-refractivity contribution in [1.29, 1.82) is 5.26 Å². The maximum atomic E-state index is 8.68. The van der Waals surface area contributed by atoms with Crippen LogP contribution >= 0.6 is 0 Å². The van der Waals surface area contributed by atoms with Crippen LogP contribution in [0.1, 0.15) is 25.5 Å². The molecule has 1 aromatic rings. The normalized spacial score (nSPS) is 11.1. The molecule has 0 saturated heterocycles. The Labute approximate surface area is 90.1 Å². The van der Waals surface area contributed by atoms with Crippen molar-refractivity contribution < 1.29 is 0 Å². The Bertz CT molecular complexity index is 398. The van der Waals surface area contributed by atoms with Crippen LogP contribution in [0, 0.1) is 23.7 Å². The van der Waals surface area contributed by atoms with Gasteiger partial charge in [0.2, 0.25) is 0 Å². The molecule has 0 saturated carbocycles. The van der Waals surface area contributed by atoms with E-state index in [0.29, 0.717) is 17.9 Å². The summed E-state index contributed by atoms with van der Waals surface area (Å²) in [5.74, 6) is 3.32. The molecule has 1 aromatic heterocycles. The third-order valence-corrected chi connectivity index (χ3v) is 2.07. The number of terminal acetylenes is 1. The number of anilines is 1. The number of nitriles is 1. The summed E-state index contributed by atoms with van der Waals surface area (Å²) >= 11 is 0. The molecule has 0 aliphatic carbocycles. The van der Waals surface area contributed by atoms with E-state index in [1.54, 1.807) is 12.1 Å². The predicted molar refractivity (Wildman–Crippen MR) is 60.1 cm³/mol. The molecule has 0 spiro atoms. The molecule has 1 N–H and O–H groups in total. The van der Waals surface area contributed by atoms with Crippen LogP contribution in [0.3, 0.4) is 0 Å². The van der Waals surface area contributed by atoms with Gasteiger partial charge in [0.15, 0.2) is 0 Å². The van der Waals surface area contributed by atoms with Gasteiger partial charge in [-0.3, -0.25) is 0 Å². The second-order valence-electron chi connectivity index (χ2n) is 3.18. The van der Waals surface area contributed by atoms with E-state index in [4.69, 9.17) is 11.7 Å². The molecule has 76 valence electrons. The number of pyridine rings is 1. The van der Waals surface area contributed by atoms with Crippen molar-refractivity contribution >= 4 is 5.82 Å². The first-order valence-electron chi connectivity index (χ1n) is 4.87. The Morgan fingerprint density at radius 2 is 2.40 bits per heavy atom. The highest BCUT2D eigenvalue weighted by Gasteiger charge is 2.05. The van der Waals surface area contributed by atoms with Gasteiger partial charge in [-0.1, -0.05) is 13.0 Å². The van der Waals surface area contributed by atoms with E-state index in [1.807, 2.05) is 12.1 Å². The molecule has 3 heteroatoms. The van der Waals surface area contributed by atoms with Crippen LogP contribution in [-0.2, 0) is 0 Å². The van der Waals surface area contributed by atoms with Crippen molar-refractivity contribution in [3.63, 3.8) is 0 Å². The number of nitrogens with zero attached hydrogens (tertiary/aromatic N) is 2. The first-order chi connectivity index (χ1) is 7.30. The number of aromatic nitrogens is 1. The fourth-order valence-corrected chi connectivity index (χ4v) is 1.23. The number of nitrogens with one attached hydrogen (secondary N) is 1. The number of rotatable bonds is 4. The quantitative estimate of drug-likeness (QED) is 0.756. The Hall–Kier alpha value is -2.00.